The van der Waals surface area contributed by atoms with Crippen molar-refractivity contribution < 1.29 is 4.79 Å². The lowest BCUT2D eigenvalue weighted by atomic mass is 10.1. The Balaban J connectivity index is 1.83. The van der Waals surface area contributed by atoms with Gasteiger partial charge < -0.3 is 5.32 Å². The van der Waals surface area contributed by atoms with Gasteiger partial charge in [0.05, 0.1) is 0 Å². The van der Waals surface area contributed by atoms with Gasteiger partial charge in [-0.1, -0.05) is 29.8 Å². The van der Waals surface area contributed by atoms with E-state index in [1.165, 1.54) is 22.3 Å². The van der Waals surface area contributed by atoms with E-state index >= 15 is 0 Å². The second kappa shape index (κ2) is 5.48. The SMILES string of the molecule is Cc1ccc(CNC(=O)c2c[nH]n3c(=O)cc(C)nc23)cc1. The van der Waals surface area contributed by atoms with Gasteiger partial charge in [-0.25, -0.2) is 9.50 Å². The van der Waals surface area contributed by atoms with E-state index < -0.39 is 0 Å². The molecule has 3 aromatic rings. The molecule has 22 heavy (non-hydrogen) atoms. The molecule has 0 bridgehead atoms. The lowest BCUT2D eigenvalue weighted by Crippen LogP contribution is -2.23. The number of aryl methyl sites for hydroxylation is 2. The fourth-order valence-corrected chi connectivity index (χ4v) is 2.25. The van der Waals surface area contributed by atoms with E-state index in [4.69, 9.17) is 0 Å². The topological polar surface area (TPSA) is 79.3 Å². The average Bonchev–Trinajstić information content (AvgIpc) is 2.90. The van der Waals surface area contributed by atoms with E-state index in [-0.39, 0.29) is 11.5 Å². The van der Waals surface area contributed by atoms with Gasteiger partial charge in [-0.05, 0) is 19.4 Å². The second-order valence-corrected chi connectivity index (χ2v) is 5.25. The first-order valence-corrected chi connectivity index (χ1v) is 6.96. The Morgan fingerprint density at radius 2 is 2.00 bits per heavy atom. The lowest BCUT2D eigenvalue weighted by molar-refractivity contribution is 0.0952. The summed E-state index contributed by atoms with van der Waals surface area (Å²) in [7, 11) is 0. The number of fused-ring (bicyclic) bond motifs is 1. The molecule has 1 amide bonds. The van der Waals surface area contributed by atoms with Crippen molar-refractivity contribution in [1.29, 1.82) is 0 Å². The number of amides is 1. The number of hydrogen-bond acceptors (Lipinski definition) is 3. The summed E-state index contributed by atoms with van der Waals surface area (Å²) in [6.07, 6.45) is 1.49. The van der Waals surface area contributed by atoms with Crippen LogP contribution in [-0.2, 0) is 6.54 Å². The van der Waals surface area contributed by atoms with E-state index in [0.717, 1.165) is 5.56 Å². The van der Waals surface area contributed by atoms with Crippen LogP contribution < -0.4 is 10.9 Å². The maximum absolute atomic E-state index is 12.3. The Hall–Kier alpha value is -2.89. The quantitative estimate of drug-likeness (QED) is 0.770. The lowest BCUT2D eigenvalue weighted by Gasteiger charge is -2.05. The van der Waals surface area contributed by atoms with Crippen molar-refractivity contribution in [1.82, 2.24) is 19.9 Å². The molecule has 0 unspecified atom stereocenters. The number of rotatable bonds is 3. The molecule has 2 aromatic heterocycles. The van der Waals surface area contributed by atoms with Crippen LogP contribution in [-0.4, -0.2) is 20.5 Å². The number of benzene rings is 1. The number of carbonyl (C=O) groups is 1. The zero-order valence-electron chi connectivity index (χ0n) is 12.4. The van der Waals surface area contributed by atoms with E-state index in [1.54, 1.807) is 6.92 Å². The summed E-state index contributed by atoms with van der Waals surface area (Å²) in [4.78, 5) is 28.4. The zero-order chi connectivity index (χ0) is 15.7. The highest BCUT2D eigenvalue weighted by Gasteiger charge is 2.14. The van der Waals surface area contributed by atoms with Crippen molar-refractivity contribution in [3.63, 3.8) is 0 Å². The molecule has 0 saturated carbocycles. The summed E-state index contributed by atoms with van der Waals surface area (Å²) in [6, 6.07) is 9.35. The van der Waals surface area contributed by atoms with Gasteiger partial charge in [-0.3, -0.25) is 14.7 Å². The van der Waals surface area contributed by atoms with Crippen LogP contribution in [0, 0.1) is 13.8 Å². The van der Waals surface area contributed by atoms with Crippen LogP contribution in [0.15, 0.2) is 41.3 Å². The number of nitrogens with zero attached hydrogens (tertiary/aromatic N) is 2. The van der Waals surface area contributed by atoms with Crippen molar-refractivity contribution >= 4 is 11.6 Å². The van der Waals surface area contributed by atoms with Crippen molar-refractivity contribution in [3.05, 3.63) is 69.3 Å². The van der Waals surface area contributed by atoms with Crippen LogP contribution in [0.4, 0.5) is 0 Å². The van der Waals surface area contributed by atoms with Gasteiger partial charge in [-0.15, -0.1) is 0 Å². The Morgan fingerprint density at radius 3 is 2.73 bits per heavy atom. The molecule has 112 valence electrons. The molecule has 0 radical (unpaired) electrons. The van der Waals surface area contributed by atoms with Crippen molar-refractivity contribution in [2.45, 2.75) is 20.4 Å². The van der Waals surface area contributed by atoms with Crippen molar-refractivity contribution in [2.75, 3.05) is 0 Å². The minimum Gasteiger partial charge on any atom is -0.348 e. The highest BCUT2D eigenvalue weighted by molar-refractivity contribution is 5.99. The summed E-state index contributed by atoms with van der Waals surface area (Å²) in [6.45, 7) is 4.16. The molecule has 6 nitrogen and oxygen atoms in total. The van der Waals surface area contributed by atoms with E-state index in [2.05, 4.69) is 15.4 Å². The summed E-state index contributed by atoms with van der Waals surface area (Å²) in [5, 5.41) is 5.59. The van der Waals surface area contributed by atoms with Crippen molar-refractivity contribution in [2.24, 2.45) is 0 Å². The molecule has 0 aliphatic heterocycles. The maximum atomic E-state index is 12.3. The third-order valence-corrected chi connectivity index (χ3v) is 3.44. The highest BCUT2D eigenvalue weighted by Crippen LogP contribution is 2.08. The normalized spacial score (nSPS) is 10.8. The van der Waals surface area contributed by atoms with Gasteiger partial charge in [0.25, 0.3) is 11.5 Å². The van der Waals surface area contributed by atoms with Crippen molar-refractivity contribution in [3.8, 4) is 0 Å². The monoisotopic (exact) mass is 296 g/mol. The van der Waals surface area contributed by atoms with Crippen LogP contribution in [0.25, 0.3) is 5.65 Å². The molecule has 0 spiro atoms. The van der Waals surface area contributed by atoms with Crippen LogP contribution in [0.1, 0.15) is 27.2 Å². The summed E-state index contributed by atoms with van der Waals surface area (Å²) in [5.41, 5.74) is 3.22. The molecule has 0 aliphatic carbocycles. The van der Waals surface area contributed by atoms with Gasteiger partial charge in [0.1, 0.15) is 5.56 Å². The smallest absolute Gasteiger partial charge is 0.272 e. The Bertz CT molecular complexity index is 891. The molecule has 6 heteroatoms. The molecule has 2 heterocycles. The number of hydrogen-bond donors (Lipinski definition) is 2. The minimum atomic E-state index is -0.267. The first-order valence-electron chi connectivity index (χ1n) is 6.96. The number of aromatic nitrogens is 3. The van der Waals surface area contributed by atoms with Gasteiger partial charge in [0, 0.05) is 24.5 Å². The largest absolute Gasteiger partial charge is 0.348 e. The fourth-order valence-electron chi connectivity index (χ4n) is 2.25. The Labute approximate surface area is 126 Å². The van der Waals surface area contributed by atoms with Gasteiger partial charge in [-0.2, -0.15) is 0 Å². The molecule has 0 aliphatic rings. The highest BCUT2D eigenvalue weighted by atomic mass is 16.2. The summed E-state index contributed by atoms with van der Waals surface area (Å²) >= 11 is 0. The molecule has 0 saturated heterocycles. The number of carbonyl (C=O) groups excluding carboxylic acids is 1. The molecule has 0 atom stereocenters. The first-order chi connectivity index (χ1) is 10.5. The molecule has 1 aromatic carbocycles. The van der Waals surface area contributed by atoms with Crippen LogP contribution in [0.2, 0.25) is 0 Å². The van der Waals surface area contributed by atoms with Crippen LogP contribution in [0.5, 0.6) is 0 Å². The van der Waals surface area contributed by atoms with Gasteiger partial charge in [0.2, 0.25) is 0 Å². The number of aromatic amines is 1. The molecule has 2 N–H and O–H groups in total. The van der Waals surface area contributed by atoms with E-state index in [0.29, 0.717) is 23.4 Å². The fraction of sp³-hybridized carbons (Fsp3) is 0.188. The molecular weight excluding hydrogens is 280 g/mol. The van der Waals surface area contributed by atoms with Gasteiger partial charge >= 0.3 is 0 Å². The number of H-pyrrole nitrogens is 1. The summed E-state index contributed by atoms with van der Waals surface area (Å²) < 4.78 is 1.26. The third-order valence-electron chi connectivity index (χ3n) is 3.44. The predicted molar refractivity (Wildman–Crippen MR) is 82.9 cm³/mol. The zero-order valence-corrected chi connectivity index (χ0v) is 12.4. The van der Waals surface area contributed by atoms with Crippen LogP contribution >= 0.6 is 0 Å². The average molecular weight is 296 g/mol. The Kier molecular flexibility index (Phi) is 3.50. The van der Waals surface area contributed by atoms with E-state index in [1.807, 2.05) is 31.2 Å². The van der Waals surface area contributed by atoms with Crippen LogP contribution in [0.3, 0.4) is 0 Å². The third kappa shape index (κ3) is 2.63. The summed E-state index contributed by atoms with van der Waals surface area (Å²) in [5.74, 6) is -0.267. The Morgan fingerprint density at radius 1 is 1.27 bits per heavy atom. The predicted octanol–water partition coefficient (Wildman–Crippen LogP) is 1.57. The molecule has 0 fully saturated rings. The second-order valence-electron chi connectivity index (χ2n) is 5.25. The first kappa shape index (κ1) is 14.1. The number of nitrogens with one attached hydrogen (secondary N) is 2. The molecular formula is C16H16N4O2. The standard InChI is InChI=1S/C16H16N4O2/c1-10-3-5-12(6-4-10)8-17-16(22)13-9-18-20-14(21)7-11(2)19-15(13)20/h3-7,9,18H,8H2,1-2H3,(H,17,22). The minimum absolute atomic E-state index is 0.236. The molecule has 3 rings (SSSR count). The maximum Gasteiger partial charge on any atom is 0.272 e. The van der Waals surface area contributed by atoms with E-state index in [9.17, 15) is 9.59 Å². The van der Waals surface area contributed by atoms with Gasteiger partial charge in [0.15, 0.2) is 5.65 Å².